The number of nitrogens with zero attached hydrogens (tertiary/aromatic N) is 1. The minimum atomic E-state index is -0.511. The number of benzene rings is 2. The van der Waals surface area contributed by atoms with Gasteiger partial charge in [-0.1, -0.05) is 24.3 Å². The second-order valence-corrected chi connectivity index (χ2v) is 7.06. The van der Waals surface area contributed by atoms with E-state index < -0.39 is 6.04 Å². The quantitative estimate of drug-likeness (QED) is 0.648. The van der Waals surface area contributed by atoms with E-state index in [9.17, 15) is 9.59 Å². The van der Waals surface area contributed by atoms with E-state index >= 15 is 0 Å². The Morgan fingerprint density at radius 3 is 2.86 bits per heavy atom. The lowest BCUT2D eigenvalue weighted by molar-refractivity contribution is -0.121. The van der Waals surface area contributed by atoms with E-state index in [1.165, 1.54) is 23.0 Å². The van der Waals surface area contributed by atoms with Crippen LogP contribution in [-0.4, -0.2) is 36.5 Å². The van der Waals surface area contributed by atoms with Crippen molar-refractivity contribution >= 4 is 28.4 Å². The number of anilines is 1. The number of H-pyrrole nitrogens is 1. The molecule has 4 rings (SSSR count). The van der Waals surface area contributed by atoms with E-state index in [4.69, 9.17) is 4.74 Å². The maximum absolute atomic E-state index is 12.9. The number of fused-ring (bicyclic) bond motifs is 1. The van der Waals surface area contributed by atoms with Gasteiger partial charge in [0.2, 0.25) is 5.91 Å². The Labute approximate surface area is 163 Å². The predicted molar refractivity (Wildman–Crippen MR) is 109 cm³/mol. The van der Waals surface area contributed by atoms with Gasteiger partial charge in [-0.25, -0.2) is 4.90 Å². The van der Waals surface area contributed by atoms with Crippen molar-refractivity contribution in [2.24, 2.45) is 0 Å². The zero-order valence-electron chi connectivity index (χ0n) is 16.0. The molecule has 1 atom stereocenters. The summed E-state index contributed by atoms with van der Waals surface area (Å²) in [5, 5.41) is 4.43. The van der Waals surface area contributed by atoms with Crippen LogP contribution < -0.4 is 15.0 Å². The third-order valence-corrected chi connectivity index (χ3v) is 5.18. The van der Waals surface area contributed by atoms with Crippen LogP contribution in [0.15, 0.2) is 48.7 Å². The van der Waals surface area contributed by atoms with Gasteiger partial charge in [0.05, 0.1) is 25.3 Å². The molecule has 28 heavy (non-hydrogen) atoms. The first-order valence-electron chi connectivity index (χ1n) is 9.38. The first-order chi connectivity index (χ1) is 13.6. The van der Waals surface area contributed by atoms with E-state index in [1.54, 1.807) is 6.07 Å². The molecular formula is C22H23N3O3. The Morgan fingerprint density at radius 2 is 2.04 bits per heavy atom. The highest BCUT2D eigenvalue weighted by atomic mass is 16.5. The summed E-state index contributed by atoms with van der Waals surface area (Å²) in [5.41, 5.74) is 3.77. The predicted octanol–water partition coefficient (Wildman–Crippen LogP) is 2.95. The molecule has 0 unspecified atom stereocenters. The van der Waals surface area contributed by atoms with Crippen molar-refractivity contribution in [2.45, 2.75) is 25.8 Å². The monoisotopic (exact) mass is 377 g/mol. The lowest BCUT2D eigenvalue weighted by atomic mass is 10.1. The Balaban J connectivity index is 1.45. The van der Waals surface area contributed by atoms with Gasteiger partial charge in [-0.2, -0.15) is 0 Å². The fourth-order valence-corrected chi connectivity index (χ4v) is 3.74. The number of para-hydroxylation sites is 1. The van der Waals surface area contributed by atoms with Gasteiger partial charge in [-0.05, 0) is 42.7 Å². The molecule has 1 aliphatic heterocycles. The lowest BCUT2D eigenvalue weighted by Gasteiger charge is -2.19. The van der Waals surface area contributed by atoms with Crippen LogP contribution >= 0.6 is 0 Å². The molecule has 6 nitrogen and oxygen atoms in total. The molecule has 6 heteroatoms. The van der Waals surface area contributed by atoms with Crippen LogP contribution in [0.1, 0.15) is 17.5 Å². The summed E-state index contributed by atoms with van der Waals surface area (Å²) < 4.78 is 5.35. The summed E-state index contributed by atoms with van der Waals surface area (Å²) in [6.07, 6.45) is 2.93. The molecular weight excluding hydrogens is 354 g/mol. The fourth-order valence-electron chi connectivity index (χ4n) is 3.74. The van der Waals surface area contributed by atoms with Crippen LogP contribution in [0.4, 0.5) is 5.69 Å². The molecule has 144 valence electrons. The molecule has 0 bridgehead atoms. The van der Waals surface area contributed by atoms with Crippen molar-refractivity contribution in [2.75, 3.05) is 18.6 Å². The van der Waals surface area contributed by atoms with Gasteiger partial charge in [0.15, 0.2) is 0 Å². The van der Waals surface area contributed by atoms with E-state index in [0.717, 1.165) is 17.5 Å². The van der Waals surface area contributed by atoms with E-state index in [0.29, 0.717) is 18.0 Å². The minimum Gasteiger partial charge on any atom is -0.495 e. The number of imide groups is 1. The van der Waals surface area contributed by atoms with Crippen molar-refractivity contribution in [3.63, 3.8) is 0 Å². The SMILES string of the molecule is COc1ccc(C)cc1N1C(=O)C[C@H](NCCc2c[nH]c3ccccc23)C1=O. The summed E-state index contributed by atoms with van der Waals surface area (Å²) >= 11 is 0. The molecule has 0 aliphatic carbocycles. The molecule has 1 aromatic heterocycles. The first kappa shape index (κ1) is 18.3. The molecule has 1 saturated heterocycles. The maximum Gasteiger partial charge on any atom is 0.251 e. The van der Waals surface area contributed by atoms with E-state index in [1.807, 2.05) is 43.5 Å². The number of aryl methyl sites for hydroxylation is 1. The van der Waals surface area contributed by atoms with Crippen LogP contribution in [0.3, 0.4) is 0 Å². The average Bonchev–Trinajstić information content (AvgIpc) is 3.22. The zero-order valence-corrected chi connectivity index (χ0v) is 16.0. The molecule has 2 N–H and O–H groups in total. The van der Waals surface area contributed by atoms with E-state index in [2.05, 4.69) is 16.4 Å². The third kappa shape index (κ3) is 3.27. The Kier molecular flexibility index (Phi) is 4.88. The molecule has 0 spiro atoms. The summed E-state index contributed by atoms with van der Waals surface area (Å²) in [5.74, 6) is 0.0815. The number of carbonyl (C=O) groups excluding carboxylic acids is 2. The molecule has 3 aromatic rings. The van der Waals surface area contributed by atoms with Gasteiger partial charge in [0, 0.05) is 23.6 Å². The van der Waals surface area contributed by atoms with Gasteiger partial charge in [-0.3, -0.25) is 9.59 Å². The Hall–Kier alpha value is -3.12. The van der Waals surface area contributed by atoms with Crippen LogP contribution in [0.25, 0.3) is 10.9 Å². The average molecular weight is 377 g/mol. The number of aromatic amines is 1. The number of aromatic nitrogens is 1. The van der Waals surface area contributed by atoms with Crippen molar-refractivity contribution in [1.29, 1.82) is 0 Å². The molecule has 2 heterocycles. The molecule has 2 amide bonds. The number of hydrogen-bond donors (Lipinski definition) is 2. The van der Waals surface area contributed by atoms with Gasteiger partial charge in [0.1, 0.15) is 5.75 Å². The molecule has 0 saturated carbocycles. The number of nitrogens with one attached hydrogen (secondary N) is 2. The van der Waals surface area contributed by atoms with Crippen LogP contribution in [0.2, 0.25) is 0 Å². The topological polar surface area (TPSA) is 74.4 Å². The highest BCUT2D eigenvalue weighted by Crippen LogP contribution is 2.33. The van der Waals surface area contributed by atoms with Crippen molar-refractivity contribution in [3.05, 3.63) is 59.8 Å². The fraction of sp³-hybridized carbons (Fsp3) is 0.273. The van der Waals surface area contributed by atoms with Crippen molar-refractivity contribution < 1.29 is 14.3 Å². The highest BCUT2D eigenvalue weighted by molar-refractivity contribution is 6.23. The maximum atomic E-state index is 12.9. The van der Waals surface area contributed by atoms with Gasteiger partial charge < -0.3 is 15.0 Å². The Bertz CT molecular complexity index is 1040. The van der Waals surface area contributed by atoms with Crippen LogP contribution in [0, 0.1) is 6.92 Å². The van der Waals surface area contributed by atoms with Gasteiger partial charge in [0.25, 0.3) is 5.91 Å². The summed E-state index contributed by atoms with van der Waals surface area (Å²) in [6.45, 7) is 2.54. The third-order valence-electron chi connectivity index (χ3n) is 5.18. The standard InChI is InChI=1S/C22H23N3O3/c1-14-7-8-20(28-2)19(11-14)25-21(26)12-18(22(25)27)23-10-9-15-13-24-17-6-4-3-5-16(15)17/h3-8,11,13,18,23-24H,9-10,12H2,1-2H3/t18-/m0/s1. The normalized spacial score (nSPS) is 16.9. The van der Waals surface area contributed by atoms with Gasteiger partial charge >= 0.3 is 0 Å². The zero-order chi connectivity index (χ0) is 19.7. The second kappa shape index (κ2) is 7.48. The van der Waals surface area contributed by atoms with E-state index in [-0.39, 0.29) is 18.2 Å². The summed E-state index contributed by atoms with van der Waals surface area (Å²) in [6, 6.07) is 13.1. The number of ether oxygens (including phenoxy) is 1. The van der Waals surface area contributed by atoms with Crippen molar-refractivity contribution in [1.82, 2.24) is 10.3 Å². The molecule has 2 aromatic carbocycles. The largest absolute Gasteiger partial charge is 0.495 e. The number of rotatable bonds is 6. The van der Waals surface area contributed by atoms with Crippen LogP contribution in [0.5, 0.6) is 5.75 Å². The number of methoxy groups -OCH3 is 1. The number of carbonyl (C=O) groups is 2. The van der Waals surface area contributed by atoms with Crippen LogP contribution in [-0.2, 0) is 16.0 Å². The van der Waals surface area contributed by atoms with Gasteiger partial charge in [-0.15, -0.1) is 0 Å². The first-order valence-corrected chi connectivity index (χ1v) is 9.38. The molecule has 1 aliphatic rings. The second-order valence-electron chi connectivity index (χ2n) is 7.06. The lowest BCUT2D eigenvalue weighted by Crippen LogP contribution is -2.39. The smallest absolute Gasteiger partial charge is 0.251 e. The van der Waals surface area contributed by atoms with Crippen molar-refractivity contribution in [3.8, 4) is 5.75 Å². The number of hydrogen-bond acceptors (Lipinski definition) is 4. The molecule has 0 radical (unpaired) electrons. The molecule has 1 fully saturated rings. The number of amides is 2. The summed E-state index contributed by atoms with van der Waals surface area (Å²) in [7, 11) is 1.54. The minimum absolute atomic E-state index is 0.157. The highest BCUT2D eigenvalue weighted by Gasteiger charge is 2.40. The Morgan fingerprint density at radius 1 is 1.21 bits per heavy atom. The summed E-state index contributed by atoms with van der Waals surface area (Å²) in [4.78, 5) is 29.9.